The van der Waals surface area contributed by atoms with E-state index in [9.17, 15) is 12.8 Å². The fraction of sp³-hybridized carbons (Fsp3) is 0.263. The fourth-order valence-corrected chi connectivity index (χ4v) is 4.13. The third kappa shape index (κ3) is 5.18. The second-order valence-corrected chi connectivity index (χ2v) is 9.16. The van der Waals surface area contributed by atoms with E-state index in [0.29, 0.717) is 28.8 Å². The normalized spacial score (nSPS) is 11.6. The predicted molar refractivity (Wildman–Crippen MR) is 109 cm³/mol. The molecule has 0 atom stereocenters. The Hall–Kier alpha value is -2.23. The van der Waals surface area contributed by atoms with Crippen LogP contribution in [-0.4, -0.2) is 41.2 Å². The highest BCUT2D eigenvalue weighted by molar-refractivity contribution is 7.99. The van der Waals surface area contributed by atoms with E-state index in [1.165, 1.54) is 17.8 Å². The summed E-state index contributed by atoms with van der Waals surface area (Å²) in [5, 5.41) is 9.03. The number of hydrogen-bond donors (Lipinski definition) is 1. The van der Waals surface area contributed by atoms with Crippen molar-refractivity contribution in [2.45, 2.75) is 18.6 Å². The van der Waals surface area contributed by atoms with Crippen LogP contribution in [-0.2, 0) is 16.6 Å². The third-order valence-corrected chi connectivity index (χ3v) is 6.42. The molecule has 1 N–H and O–H groups in total. The van der Waals surface area contributed by atoms with Gasteiger partial charge in [0.25, 0.3) is 0 Å². The van der Waals surface area contributed by atoms with E-state index in [1.807, 2.05) is 34.9 Å². The van der Waals surface area contributed by atoms with Gasteiger partial charge < -0.3 is 0 Å². The number of nitrogens with one attached hydrogen (secondary N) is 1. The van der Waals surface area contributed by atoms with E-state index in [-0.39, 0.29) is 18.1 Å². The molecule has 0 unspecified atom stereocenters. The second kappa shape index (κ2) is 9.31. The number of rotatable bonds is 9. The van der Waals surface area contributed by atoms with Crippen LogP contribution in [0.5, 0.6) is 0 Å². The monoisotopic (exact) mass is 420 g/mol. The number of benzene rings is 2. The summed E-state index contributed by atoms with van der Waals surface area (Å²) in [5.41, 5.74) is 1.41. The van der Waals surface area contributed by atoms with Crippen LogP contribution in [0.1, 0.15) is 12.5 Å². The largest absolute Gasteiger partial charge is 0.297 e. The molecule has 3 rings (SSSR count). The summed E-state index contributed by atoms with van der Waals surface area (Å²) in [6, 6.07) is 16.2. The van der Waals surface area contributed by atoms with Crippen LogP contribution in [0.4, 0.5) is 4.39 Å². The van der Waals surface area contributed by atoms with E-state index < -0.39 is 10.0 Å². The maximum absolute atomic E-state index is 14.3. The fourth-order valence-electron chi connectivity index (χ4n) is 2.59. The summed E-state index contributed by atoms with van der Waals surface area (Å²) in [5.74, 6) is 0.609. The third-order valence-electron chi connectivity index (χ3n) is 4.05. The molecule has 1 aromatic heterocycles. The predicted octanol–water partition coefficient (Wildman–Crippen LogP) is 3.16. The number of hydrogen-bond acceptors (Lipinski definition) is 5. The van der Waals surface area contributed by atoms with Gasteiger partial charge in [-0.05, 0) is 24.6 Å². The molecule has 0 aliphatic heterocycles. The van der Waals surface area contributed by atoms with E-state index >= 15 is 0 Å². The lowest BCUT2D eigenvalue weighted by atomic mass is 10.2. The highest BCUT2D eigenvalue weighted by atomic mass is 32.2. The van der Waals surface area contributed by atoms with Crippen LogP contribution in [0.15, 0.2) is 59.8 Å². The summed E-state index contributed by atoms with van der Waals surface area (Å²) >= 11 is 1.38. The number of aromatic nitrogens is 3. The molecular formula is C19H21FN4O2S2. The minimum absolute atomic E-state index is 0.0410. The first-order valence-corrected chi connectivity index (χ1v) is 11.5. The van der Waals surface area contributed by atoms with Gasteiger partial charge in [0, 0.05) is 12.3 Å². The first kappa shape index (κ1) is 20.5. The van der Waals surface area contributed by atoms with Crippen molar-refractivity contribution in [3.8, 4) is 11.4 Å². The van der Waals surface area contributed by atoms with Crippen molar-refractivity contribution in [3.05, 3.63) is 66.0 Å². The van der Waals surface area contributed by atoms with Gasteiger partial charge in [0.15, 0.2) is 11.0 Å². The van der Waals surface area contributed by atoms with Crippen molar-refractivity contribution < 1.29 is 12.8 Å². The quantitative estimate of drug-likeness (QED) is 0.425. The average molecular weight is 421 g/mol. The SMILES string of the molecule is CCS(=O)(=O)NCCSc1nnc(-c2ccccc2F)n1Cc1ccccc1. The molecule has 0 amide bonds. The van der Waals surface area contributed by atoms with E-state index in [4.69, 9.17) is 0 Å². The Kier molecular flexibility index (Phi) is 6.82. The molecule has 0 bridgehead atoms. The van der Waals surface area contributed by atoms with Crippen molar-refractivity contribution in [1.82, 2.24) is 19.5 Å². The Morgan fingerprint density at radius 2 is 1.79 bits per heavy atom. The van der Waals surface area contributed by atoms with Crippen LogP contribution in [0.25, 0.3) is 11.4 Å². The topological polar surface area (TPSA) is 76.9 Å². The molecule has 0 aliphatic rings. The minimum atomic E-state index is -3.23. The highest BCUT2D eigenvalue weighted by Gasteiger charge is 2.17. The first-order valence-electron chi connectivity index (χ1n) is 8.82. The van der Waals surface area contributed by atoms with Gasteiger partial charge in [0.05, 0.1) is 17.9 Å². The first-order chi connectivity index (χ1) is 13.5. The Morgan fingerprint density at radius 3 is 2.50 bits per heavy atom. The smallest absolute Gasteiger partial charge is 0.211 e. The average Bonchev–Trinajstić information content (AvgIpc) is 3.09. The van der Waals surface area contributed by atoms with E-state index in [1.54, 1.807) is 25.1 Å². The molecule has 1 heterocycles. The van der Waals surface area contributed by atoms with Crippen LogP contribution in [0, 0.1) is 5.82 Å². The lowest BCUT2D eigenvalue weighted by Crippen LogP contribution is -2.27. The molecular weight excluding hydrogens is 399 g/mol. The molecule has 0 aliphatic carbocycles. The zero-order chi connectivity index (χ0) is 20.0. The molecule has 0 radical (unpaired) electrons. The molecule has 6 nitrogen and oxygen atoms in total. The van der Waals surface area contributed by atoms with Crippen LogP contribution in [0.3, 0.4) is 0 Å². The van der Waals surface area contributed by atoms with Gasteiger partial charge in [-0.2, -0.15) is 0 Å². The number of thioether (sulfide) groups is 1. The maximum atomic E-state index is 14.3. The molecule has 28 heavy (non-hydrogen) atoms. The van der Waals surface area contributed by atoms with Crippen molar-refractivity contribution in [2.24, 2.45) is 0 Å². The standard InChI is InChI=1S/C19H21FN4O2S2/c1-2-28(25,26)21-12-13-27-19-23-22-18(16-10-6-7-11-17(16)20)24(19)14-15-8-4-3-5-9-15/h3-11,21H,2,12-14H2,1H3. The maximum Gasteiger partial charge on any atom is 0.211 e. The Balaban J connectivity index is 1.84. The van der Waals surface area contributed by atoms with E-state index in [2.05, 4.69) is 14.9 Å². The van der Waals surface area contributed by atoms with Gasteiger partial charge in [-0.25, -0.2) is 17.5 Å². The number of sulfonamides is 1. The molecule has 9 heteroatoms. The van der Waals surface area contributed by atoms with Crippen LogP contribution >= 0.6 is 11.8 Å². The molecule has 0 saturated carbocycles. The van der Waals surface area contributed by atoms with Gasteiger partial charge in [-0.3, -0.25) is 4.57 Å². The van der Waals surface area contributed by atoms with Gasteiger partial charge >= 0.3 is 0 Å². The summed E-state index contributed by atoms with van der Waals surface area (Å²) in [7, 11) is -3.23. The Labute approximate surface area is 168 Å². The molecule has 0 saturated heterocycles. The van der Waals surface area contributed by atoms with Gasteiger partial charge in [-0.1, -0.05) is 54.2 Å². The second-order valence-electron chi connectivity index (χ2n) is 6.00. The zero-order valence-electron chi connectivity index (χ0n) is 15.4. The van der Waals surface area contributed by atoms with Gasteiger partial charge in [0.1, 0.15) is 5.82 Å². The zero-order valence-corrected chi connectivity index (χ0v) is 17.0. The Morgan fingerprint density at radius 1 is 1.07 bits per heavy atom. The molecule has 148 valence electrons. The Bertz CT molecular complexity index is 1020. The summed E-state index contributed by atoms with van der Waals surface area (Å²) in [6.45, 7) is 2.36. The van der Waals surface area contributed by atoms with E-state index in [0.717, 1.165) is 5.56 Å². The summed E-state index contributed by atoms with van der Waals surface area (Å²) in [6.07, 6.45) is 0. The van der Waals surface area contributed by atoms with Gasteiger partial charge in [-0.15, -0.1) is 10.2 Å². The van der Waals surface area contributed by atoms with Crippen molar-refractivity contribution >= 4 is 21.8 Å². The van der Waals surface area contributed by atoms with Crippen molar-refractivity contribution in [2.75, 3.05) is 18.1 Å². The highest BCUT2D eigenvalue weighted by Crippen LogP contribution is 2.26. The number of nitrogens with zero attached hydrogens (tertiary/aromatic N) is 3. The van der Waals surface area contributed by atoms with Crippen LogP contribution < -0.4 is 4.72 Å². The molecule has 0 fully saturated rings. The summed E-state index contributed by atoms with van der Waals surface area (Å²) in [4.78, 5) is 0. The minimum Gasteiger partial charge on any atom is -0.297 e. The van der Waals surface area contributed by atoms with Crippen molar-refractivity contribution in [3.63, 3.8) is 0 Å². The van der Waals surface area contributed by atoms with Crippen LogP contribution in [0.2, 0.25) is 0 Å². The molecule has 0 spiro atoms. The van der Waals surface area contributed by atoms with Gasteiger partial charge in [0.2, 0.25) is 10.0 Å². The van der Waals surface area contributed by atoms with Crippen molar-refractivity contribution in [1.29, 1.82) is 0 Å². The molecule has 3 aromatic rings. The lowest BCUT2D eigenvalue weighted by Gasteiger charge is -2.11. The lowest BCUT2D eigenvalue weighted by molar-refractivity contribution is 0.585. The molecule has 2 aromatic carbocycles. The number of halogens is 1. The summed E-state index contributed by atoms with van der Waals surface area (Å²) < 4.78 is 41.8.